The number of para-hydroxylation sites is 2. The van der Waals surface area contributed by atoms with E-state index in [1.54, 1.807) is 12.3 Å². The van der Waals surface area contributed by atoms with Gasteiger partial charge in [-0.05, 0) is 49.2 Å². The maximum atomic E-state index is 13.1. The molecule has 1 amide bonds. The number of aromatic nitrogens is 1. The van der Waals surface area contributed by atoms with Crippen molar-refractivity contribution in [2.45, 2.75) is 25.4 Å². The third-order valence-corrected chi connectivity index (χ3v) is 4.81. The van der Waals surface area contributed by atoms with E-state index in [-0.39, 0.29) is 18.0 Å². The van der Waals surface area contributed by atoms with E-state index in [0.29, 0.717) is 5.69 Å². The quantitative estimate of drug-likeness (QED) is 0.751. The van der Waals surface area contributed by atoms with E-state index in [4.69, 9.17) is 0 Å². The summed E-state index contributed by atoms with van der Waals surface area (Å²) in [7, 11) is 0. The molecular weight excluding hydrogens is 322 g/mol. The van der Waals surface area contributed by atoms with Gasteiger partial charge in [-0.2, -0.15) is 0 Å². The Morgan fingerprint density at radius 1 is 1.00 bits per heavy atom. The SMILES string of the molecule is C[C@@H]1C[C@H](Nc2ccccc2)c2ccccc2N1C(=O)c1ccccn1. The molecule has 0 unspecified atom stereocenters. The highest BCUT2D eigenvalue weighted by molar-refractivity contribution is 6.06. The summed E-state index contributed by atoms with van der Waals surface area (Å²) in [5, 5.41) is 3.61. The van der Waals surface area contributed by atoms with Gasteiger partial charge in [-0.15, -0.1) is 0 Å². The van der Waals surface area contributed by atoms with Gasteiger partial charge in [0.25, 0.3) is 5.91 Å². The van der Waals surface area contributed by atoms with Crippen LogP contribution in [0.1, 0.15) is 35.4 Å². The molecule has 130 valence electrons. The molecule has 0 fully saturated rings. The van der Waals surface area contributed by atoms with E-state index in [1.807, 2.05) is 53.4 Å². The second-order valence-electron chi connectivity index (χ2n) is 6.60. The van der Waals surface area contributed by atoms with Crippen molar-refractivity contribution in [1.82, 2.24) is 4.98 Å². The Labute approximate surface area is 153 Å². The molecule has 1 N–H and O–H groups in total. The van der Waals surface area contributed by atoms with Crippen molar-refractivity contribution in [2.75, 3.05) is 10.2 Å². The van der Waals surface area contributed by atoms with Crippen LogP contribution < -0.4 is 10.2 Å². The van der Waals surface area contributed by atoms with Gasteiger partial charge in [-0.3, -0.25) is 9.78 Å². The lowest BCUT2D eigenvalue weighted by Gasteiger charge is -2.39. The maximum Gasteiger partial charge on any atom is 0.277 e. The Bertz CT molecular complexity index is 896. The van der Waals surface area contributed by atoms with Crippen molar-refractivity contribution in [1.29, 1.82) is 0 Å². The van der Waals surface area contributed by atoms with E-state index < -0.39 is 0 Å². The summed E-state index contributed by atoms with van der Waals surface area (Å²) in [6.07, 6.45) is 2.50. The molecule has 26 heavy (non-hydrogen) atoms. The first-order chi connectivity index (χ1) is 12.7. The number of fused-ring (bicyclic) bond motifs is 1. The molecular formula is C22H21N3O. The van der Waals surface area contributed by atoms with Crippen molar-refractivity contribution in [3.05, 3.63) is 90.3 Å². The molecule has 4 rings (SSSR count). The number of pyridine rings is 1. The fourth-order valence-corrected chi connectivity index (χ4v) is 3.61. The number of nitrogens with one attached hydrogen (secondary N) is 1. The first-order valence-corrected chi connectivity index (χ1v) is 8.89. The number of nitrogens with zero attached hydrogens (tertiary/aromatic N) is 2. The number of carbonyl (C=O) groups excluding carboxylic acids is 1. The fourth-order valence-electron chi connectivity index (χ4n) is 3.61. The van der Waals surface area contributed by atoms with Crippen LogP contribution in [0, 0.1) is 0 Å². The van der Waals surface area contributed by atoms with E-state index in [0.717, 1.165) is 23.4 Å². The molecule has 2 aromatic carbocycles. The van der Waals surface area contributed by atoms with Crippen LogP contribution in [0.15, 0.2) is 79.0 Å². The molecule has 0 spiro atoms. The number of benzene rings is 2. The minimum atomic E-state index is -0.0521. The average Bonchev–Trinajstić information content (AvgIpc) is 2.69. The number of amides is 1. The summed E-state index contributed by atoms with van der Waals surface area (Å²) in [6.45, 7) is 2.09. The molecule has 0 saturated carbocycles. The molecule has 4 nitrogen and oxygen atoms in total. The van der Waals surface area contributed by atoms with Crippen LogP contribution in [0.4, 0.5) is 11.4 Å². The monoisotopic (exact) mass is 343 g/mol. The van der Waals surface area contributed by atoms with Crippen molar-refractivity contribution in [3.63, 3.8) is 0 Å². The lowest BCUT2D eigenvalue weighted by molar-refractivity contribution is 0.0969. The smallest absolute Gasteiger partial charge is 0.277 e. The maximum absolute atomic E-state index is 13.1. The van der Waals surface area contributed by atoms with Gasteiger partial charge in [0.05, 0.1) is 6.04 Å². The zero-order valence-electron chi connectivity index (χ0n) is 14.7. The Kier molecular flexibility index (Phi) is 4.40. The number of carbonyl (C=O) groups is 1. The normalized spacial score (nSPS) is 18.9. The van der Waals surface area contributed by atoms with Crippen LogP contribution in [0.3, 0.4) is 0 Å². The lowest BCUT2D eigenvalue weighted by atomic mass is 9.91. The van der Waals surface area contributed by atoms with Crippen LogP contribution in [-0.2, 0) is 0 Å². The number of anilines is 2. The molecule has 0 radical (unpaired) electrons. The lowest BCUT2D eigenvalue weighted by Crippen LogP contribution is -2.44. The highest BCUT2D eigenvalue weighted by Gasteiger charge is 2.34. The Morgan fingerprint density at radius 2 is 1.73 bits per heavy atom. The van der Waals surface area contributed by atoms with Crippen LogP contribution in [-0.4, -0.2) is 16.9 Å². The molecule has 1 aromatic heterocycles. The third-order valence-electron chi connectivity index (χ3n) is 4.81. The highest BCUT2D eigenvalue weighted by atomic mass is 16.2. The van der Waals surface area contributed by atoms with E-state index in [9.17, 15) is 4.79 Å². The molecule has 1 aliphatic heterocycles. The first kappa shape index (κ1) is 16.3. The third kappa shape index (κ3) is 3.06. The average molecular weight is 343 g/mol. The predicted molar refractivity (Wildman–Crippen MR) is 104 cm³/mol. The molecule has 0 bridgehead atoms. The summed E-state index contributed by atoms with van der Waals surface area (Å²) in [4.78, 5) is 19.2. The van der Waals surface area contributed by atoms with E-state index in [2.05, 4.69) is 35.4 Å². The zero-order valence-corrected chi connectivity index (χ0v) is 14.7. The minimum absolute atomic E-state index is 0.0521. The molecule has 4 heteroatoms. The van der Waals surface area contributed by atoms with Crippen LogP contribution in [0.5, 0.6) is 0 Å². The largest absolute Gasteiger partial charge is 0.378 e. The Morgan fingerprint density at radius 3 is 2.50 bits per heavy atom. The Hall–Kier alpha value is -3.14. The van der Waals surface area contributed by atoms with Gasteiger partial charge in [-0.1, -0.05) is 42.5 Å². The van der Waals surface area contributed by atoms with Gasteiger partial charge < -0.3 is 10.2 Å². The fraction of sp³-hybridized carbons (Fsp3) is 0.182. The van der Waals surface area contributed by atoms with Crippen LogP contribution in [0.2, 0.25) is 0 Å². The second-order valence-corrected chi connectivity index (χ2v) is 6.60. The number of hydrogen-bond donors (Lipinski definition) is 1. The first-order valence-electron chi connectivity index (χ1n) is 8.89. The van der Waals surface area contributed by atoms with Crippen LogP contribution in [0.25, 0.3) is 0 Å². The molecule has 3 aromatic rings. The Balaban J connectivity index is 1.69. The number of rotatable bonds is 3. The summed E-state index contributed by atoms with van der Waals surface area (Å²) >= 11 is 0. The number of hydrogen-bond acceptors (Lipinski definition) is 3. The molecule has 2 heterocycles. The highest BCUT2D eigenvalue weighted by Crippen LogP contribution is 2.39. The van der Waals surface area contributed by atoms with Gasteiger partial charge in [-0.25, -0.2) is 0 Å². The summed E-state index contributed by atoms with van der Waals surface area (Å²) in [5.41, 5.74) is 3.65. The van der Waals surface area contributed by atoms with Gasteiger partial charge >= 0.3 is 0 Å². The predicted octanol–water partition coefficient (Wildman–Crippen LogP) is 4.67. The summed E-state index contributed by atoms with van der Waals surface area (Å²) in [5.74, 6) is -0.0521. The van der Waals surface area contributed by atoms with Crippen molar-refractivity contribution in [2.24, 2.45) is 0 Å². The van der Waals surface area contributed by atoms with Gasteiger partial charge in [0, 0.05) is 23.6 Å². The van der Waals surface area contributed by atoms with Gasteiger partial charge in [0.15, 0.2) is 0 Å². The molecule has 0 saturated heterocycles. The van der Waals surface area contributed by atoms with E-state index >= 15 is 0 Å². The summed E-state index contributed by atoms with van der Waals surface area (Å²) in [6, 6.07) is 24.0. The van der Waals surface area contributed by atoms with Crippen LogP contribution >= 0.6 is 0 Å². The van der Waals surface area contributed by atoms with Crippen molar-refractivity contribution >= 4 is 17.3 Å². The standard InChI is InChI=1S/C22H21N3O/c1-16-15-20(24-17-9-3-2-4-10-17)18-11-5-6-13-21(18)25(16)22(26)19-12-7-8-14-23-19/h2-14,16,20,24H,15H2,1H3/t16-,20+/m1/s1. The van der Waals surface area contributed by atoms with Gasteiger partial charge in [0.2, 0.25) is 0 Å². The summed E-state index contributed by atoms with van der Waals surface area (Å²) < 4.78 is 0. The molecule has 0 aliphatic carbocycles. The van der Waals surface area contributed by atoms with Gasteiger partial charge in [0.1, 0.15) is 5.69 Å². The minimum Gasteiger partial charge on any atom is -0.378 e. The second kappa shape index (κ2) is 7.00. The topological polar surface area (TPSA) is 45.2 Å². The molecule has 1 aliphatic rings. The zero-order chi connectivity index (χ0) is 17.9. The molecule has 2 atom stereocenters. The van der Waals surface area contributed by atoms with Crippen molar-refractivity contribution in [3.8, 4) is 0 Å². The van der Waals surface area contributed by atoms with Crippen molar-refractivity contribution < 1.29 is 4.79 Å². The van der Waals surface area contributed by atoms with E-state index in [1.165, 1.54) is 0 Å².